The summed E-state index contributed by atoms with van der Waals surface area (Å²) >= 11 is 7.35. The molecule has 26 heavy (non-hydrogen) atoms. The number of hydrogen-bond acceptors (Lipinski definition) is 6. The summed E-state index contributed by atoms with van der Waals surface area (Å²) in [6, 6.07) is 14.3. The first-order chi connectivity index (χ1) is 12.6. The molecular weight excluding hydrogens is 374 g/mol. The van der Waals surface area contributed by atoms with Crippen molar-refractivity contribution in [2.45, 2.75) is 6.92 Å². The maximum absolute atomic E-state index is 12.1. The van der Waals surface area contributed by atoms with E-state index in [0.717, 1.165) is 0 Å². The minimum atomic E-state index is -0.596. The van der Waals surface area contributed by atoms with Gasteiger partial charge in [0.1, 0.15) is 27.8 Å². The molecule has 0 saturated carbocycles. The van der Waals surface area contributed by atoms with Crippen molar-refractivity contribution >= 4 is 40.1 Å². The molecule has 0 bridgehead atoms. The molecule has 0 fully saturated rings. The van der Waals surface area contributed by atoms with Gasteiger partial charge in [0.2, 0.25) is 0 Å². The second kappa shape index (κ2) is 8.29. The molecular formula is C19H16ClNO4S. The highest BCUT2D eigenvalue weighted by Gasteiger charge is 2.29. The van der Waals surface area contributed by atoms with Gasteiger partial charge in [-0.2, -0.15) is 0 Å². The van der Waals surface area contributed by atoms with Crippen molar-refractivity contribution in [2.75, 3.05) is 12.4 Å². The first-order valence-corrected chi connectivity index (χ1v) is 9.28. The molecule has 1 aliphatic heterocycles. The van der Waals surface area contributed by atoms with Gasteiger partial charge >= 0.3 is 5.97 Å². The van der Waals surface area contributed by atoms with E-state index in [1.165, 1.54) is 11.8 Å². The highest BCUT2D eigenvalue weighted by molar-refractivity contribution is 8.15. The van der Waals surface area contributed by atoms with Gasteiger partial charge in [0.05, 0.1) is 12.4 Å². The molecule has 1 N–H and O–H groups in total. The predicted octanol–water partition coefficient (Wildman–Crippen LogP) is 5.28. The number of nitrogens with zero attached hydrogens (tertiary/aromatic N) is 1. The number of carbonyl (C=O) groups is 1. The SMILES string of the molecule is CCOC(=O)C1=C(O)CSC1=Nc1cc(Cl)ccc1Oc1ccccc1. The van der Waals surface area contributed by atoms with Crippen LogP contribution in [0.25, 0.3) is 0 Å². The molecule has 2 aromatic carbocycles. The third-order valence-electron chi connectivity index (χ3n) is 3.44. The fraction of sp³-hybridized carbons (Fsp3) is 0.158. The van der Waals surface area contributed by atoms with Crippen molar-refractivity contribution in [3.63, 3.8) is 0 Å². The summed E-state index contributed by atoms with van der Waals surface area (Å²) in [7, 11) is 0. The van der Waals surface area contributed by atoms with Crippen molar-refractivity contribution in [3.05, 3.63) is 64.9 Å². The third-order valence-corrected chi connectivity index (χ3v) is 4.66. The molecule has 0 aliphatic carbocycles. The van der Waals surface area contributed by atoms with Crippen LogP contribution in [0.5, 0.6) is 11.5 Å². The summed E-state index contributed by atoms with van der Waals surface area (Å²) < 4.78 is 10.9. The van der Waals surface area contributed by atoms with Crippen LogP contribution in [-0.4, -0.2) is 28.5 Å². The maximum Gasteiger partial charge on any atom is 0.344 e. The van der Waals surface area contributed by atoms with Gasteiger partial charge in [-0.1, -0.05) is 41.6 Å². The summed E-state index contributed by atoms with van der Waals surface area (Å²) in [5, 5.41) is 10.9. The second-order valence-electron chi connectivity index (χ2n) is 5.27. The van der Waals surface area contributed by atoms with Crippen LogP contribution in [0.3, 0.4) is 0 Å². The van der Waals surface area contributed by atoms with Crippen molar-refractivity contribution in [1.82, 2.24) is 0 Å². The Morgan fingerprint density at radius 3 is 2.77 bits per heavy atom. The lowest BCUT2D eigenvalue weighted by Crippen LogP contribution is -2.12. The van der Waals surface area contributed by atoms with E-state index >= 15 is 0 Å². The number of aliphatic imine (C=N–C) groups is 1. The van der Waals surface area contributed by atoms with Gasteiger partial charge in [0, 0.05) is 5.02 Å². The standard InChI is InChI=1S/C19H16ClNO4S/c1-2-24-19(23)17-15(22)11-26-18(17)21-14-10-12(20)8-9-16(14)25-13-6-4-3-5-7-13/h3-10,22H,2,11H2,1H3. The van der Waals surface area contributed by atoms with Crippen LogP contribution in [0.2, 0.25) is 5.02 Å². The normalized spacial score (nSPS) is 15.4. The number of thioether (sulfide) groups is 1. The zero-order valence-corrected chi connectivity index (χ0v) is 15.5. The Morgan fingerprint density at radius 2 is 2.04 bits per heavy atom. The number of aliphatic hydroxyl groups excluding tert-OH is 1. The minimum Gasteiger partial charge on any atom is -0.510 e. The Hall–Kier alpha value is -2.44. The maximum atomic E-state index is 12.1. The highest BCUT2D eigenvalue weighted by Crippen LogP contribution is 2.37. The molecule has 5 nitrogen and oxygen atoms in total. The molecule has 0 aromatic heterocycles. The zero-order valence-electron chi connectivity index (χ0n) is 13.9. The van der Waals surface area contributed by atoms with Crippen LogP contribution in [-0.2, 0) is 9.53 Å². The van der Waals surface area contributed by atoms with E-state index in [-0.39, 0.29) is 23.7 Å². The lowest BCUT2D eigenvalue weighted by atomic mass is 10.2. The molecule has 1 heterocycles. The molecule has 7 heteroatoms. The summed E-state index contributed by atoms with van der Waals surface area (Å²) in [5.41, 5.74) is 0.544. The van der Waals surface area contributed by atoms with Gasteiger partial charge in [0.25, 0.3) is 0 Å². The van der Waals surface area contributed by atoms with Gasteiger partial charge < -0.3 is 14.6 Å². The molecule has 0 atom stereocenters. The molecule has 0 saturated heterocycles. The number of hydrogen-bond donors (Lipinski definition) is 1. The van der Waals surface area contributed by atoms with Crippen molar-refractivity contribution in [2.24, 2.45) is 4.99 Å². The van der Waals surface area contributed by atoms with Crippen LogP contribution in [0.15, 0.2) is 64.9 Å². The number of rotatable bonds is 5. The Bertz CT molecular complexity index is 880. The molecule has 0 radical (unpaired) electrons. The Labute approximate surface area is 160 Å². The molecule has 1 aliphatic rings. The van der Waals surface area contributed by atoms with E-state index in [2.05, 4.69) is 4.99 Å². The number of esters is 1. The number of ether oxygens (including phenoxy) is 2. The minimum absolute atomic E-state index is 0.0419. The summed E-state index contributed by atoms with van der Waals surface area (Å²) in [4.78, 5) is 16.6. The van der Waals surface area contributed by atoms with Gasteiger partial charge in [-0.05, 0) is 37.3 Å². The van der Waals surface area contributed by atoms with E-state index < -0.39 is 5.97 Å². The smallest absolute Gasteiger partial charge is 0.344 e. The lowest BCUT2D eigenvalue weighted by Gasteiger charge is -2.10. The van der Waals surface area contributed by atoms with Gasteiger partial charge in [-0.25, -0.2) is 9.79 Å². The van der Waals surface area contributed by atoms with E-state index in [1.54, 1.807) is 25.1 Å². The van der Waals surface area contributed by atoms with Gasteiger partial charge in [-0.3, -0.25) is 0 Å². The van der Waals surface area contributed by atoms with Crippen LogP contribution < -0.4 is 4.74 Å². The second-order valence-corrected chi connectivity index (χ2v) is 6.68. The average Bonchev–Trinajstić information content (AvgIpc) is 2.99. The number of halogens is 1. The number of para-hydroxylation sites is 1. The van der Waals surface area contributed by atoms with Crippen molar-refractivity contribution in [1.29, 1.82) is 0 Å². The molecule has 0 unspecified atom stereocenters. The van der Waals surface area contributed by atoms with Crippen molar-refractivity contribution < 1.29 is 19.4 Å². The molecule has 134 valence electrons. The monoisotopic (exact) mass is 389 g/mol. The fourth-order valence-corrected chi connectivity index (χ4v) is 3.38. The molecule has 0 amide bonds. The number of benzene rings is 2. The molecule has 3 rings (SSSR count). The highest BCUT2D eigenvalue weighted by atomic mass is 35.5. The van der Waals surface area contributed by atoms with Crippen LogP contribution in [0.1, 0.15) is 6.92 Å². The van der Waals surface area contributed by atoms with Crippen LogP contribution in [0.4, 0.5) is 5.69 Å². The van der Waals surface area contributed by atoms with Crippen molar-refractivity contribution in [3.8, 4) is 11.5 Å². The van der Waals surface area contributed by atoms with Gasteiger partial charge in [0.15, 0.2) is 5.75 Å². The Morgan fingerprint density at radius 1 is 1.27 bits per heavy atom. The Kier molecular flexibility index (Phi) is 5.85. The third kappa shape index (κ3) is 4.20. The quantitative estimate of drug-likeness (QED) is 0.704. The summed E-state index contributed by atoms with van der Waals surface area (Å²) in [5.74, 6) is 0.770. The van der Waals surface area contributed by atoms with E-state index in [1.807, 2.05) is 30.3 Å². The van der Waals surface area contributed by atoms with E-state index in [0.29, 0.717) is 27.3 Å². The van der Waals surface area contributed by atoms with E-state index in [9.17, 15) is 9.90 Å². The molecule has 2 aromatic rings. The number of aliphatic hydroxyl groups is 1. The first-order valence-electron chi connectivity index (χ1n) is 7.92. The average molecular weight is 390 g/mol. The largest absolute Gasteiger partial charge is 0.510 e. The van der Waals surface area contributed by atoms with Crippen LogP contribution >= 0.6 is 23.4 Å². The van der Waals surface area contributed by atoms with E-state index in [4.69, 9.17) is 21.1 Å². The Balaban J connectivity index is 1.97. The fourth-order valence-electron chi connectivity index (χ4n) is 2.29. The summed E-state index contributed by atoms with van der Waals surface area (Å²) in [6.45, 7) is 1.92. The van der Waals surface area contributed by atoms with Gasteiger partial charge in [-0.15, -0.1) is 0 Å². The zero-order chi connectivity index (χ0) is 18.5. The predicted molar refractivity (Wildman–Crippen MR) is 104 cm³/mol. The molecule has 0 spiro atoms. The summed E-state index contributed by atoms with van der Waals surface area (Å²) in [6.07, 6.45) is 0. The lowest BCUT2D eigenvalue weighted by molar-refractivity contribution is -0.138. The van der Waals surface area contributed by atoms with Crippen LogP contribution in [0, 0.1) is 0 Å². The first kappa shape index (κ1) is 18.4. The number of carbonyl (C=O) groups excluding carboxylic acids is 1. The topological polar surface area (TPSA) is 68.1 Å².